The molecule has 34 heavy (non-hydrogen) atoms. The van der Waals surface area contributed by atoms with E-state index in [4.69, 9.17) is 0 Å². The molecule has 1 saturated carbocycles. The highest BCUT2D eigenvalue weighted by Crippen LogP contribution is 2.27. The molecule has 2 amide bonds. The van der Waals surface area contributed by atoms with E-state index in [1.165, 1.54) is 18.4 Å². The fourth-order valence-corrected chi connectivity index (χ4v) is 4.81. The van der Waals surface area contributed by atoms with Crippen molar-refractivity contribution in [2.75, 3.05) is 38.0 Å². The van der Waals surface area contributed by atoms with Crippen molar-refractivity contribution in [3.8, 4) is 0 Å². The number of aryl methyl sites for hydroxylation is 2. The van der Waals surface area contributed by atoms with Crippen LogP contribution in [-0.4, -0.2) is 60.4 Å². The molecule has 6 heteroatoms. The molecular weight excluding hydrogens is 424 g/mol. The minimum absolute atomic E-state index is 0.0146. The molecule has 182 valence electrons. The Morgan fingerprint density at radius 3 is 2.47 bits per heavy atom. The van der Waals surface area contributed by atoms with Crippen molar-refractivity contribution in [1.29, 1.82) is 0 Å². The Kier molecular flexibility index (Phi) is 8.35. The summed E-state index contributed by atoms with van der Waals surface area (Å²) in [5, 5.41) is 6.23. The minimum atomic E-state index is -0.0146. The second-order valence-electron chi connectivity index (χ2n) is 9.79. The molecule has 1 unspecified atom stereocenters. The number of benzene rings is 2. The van der Waals surface area contributed by atoms with Gasteiger partial charge in [0.2, 0.25) is 11.8 Å². The Bertz CT molecular complexity index is 968. The van der Waals surface area contributed by atoms with E-state index < -0.39 is 0 Å². The van der Waals surface area contributed by atoms with Crippen molar-refractivity contribution in [3.63, 3.8) is 0 Å². The Morgan fingerprint density at radius 2 is 1.76 bits per heavy atom. The summed E-state index contributed by atoms with van der Waals surface area (Å²) in [6, 6.07) is 17.2. The fraction of sp³-hybridized carbons (Fsp3) is 0.500. The molecule has 2 fully saturated rings. The van der Waals surface area contributed by atoms with Gasteiger partial charge in [-0.1, -0.05) is 42.5 Å². The van der Waals surface area contributed by atoms with E-state index in [1.54, 1.807) is 0 Å². The fourth-order valence-electron chi connectivity index (χ4n) is 4.81. The number of rotatable bonds is 11. The lowest BCUT2D eigenvalue weighted by Crippen LogP contribution is -2.40. The van der Waals surface area contributed by atoms with Gasteiger partial charge in [0.25, 0.3) is 0 Å². The number of hydrogen-bond donors (Lipinski definition) is 2. The molecule has 4 rings (SSSR count). The van der Waals surface area contributed by atoms with Gasteiger partial charge in [-0.3, -0.25) is 19.4 Å². The van der Waals surface area contributed by atoms with Crippen molar-refractivity contribution in [2.24, 2.45) is 0 Å². The van der Waals surface area contributed by atoms with E-state index >= 15 is 0 Å². The number of hydrogen-bond acceptors (Lipinski definition) is 4. The van der Waals surface area contributed by atoms with Gasteiger partial charge in [0.1, 0.15) is 0 Å². The van der Waals surface area contributed by atoms with Gasteiger partial charge in [-0.15, -0.1) is 0 Å². The standard InChI is InChI=1S/C28H38N4O2/c1-21-10-11-22(2)25(18-21)30-28(34)20-32(24-12-13-24)17-14-27(33)29-19-26(31-15-6-7-16-31)23-8-4-3-5-9-23/h3-5,8-11,18,24,26H,6-7,12-17,19-20H2,1-2H3,(H,29,33)(H,30,34). The molecular formula is C28H38N4O2. The maximum absolute atomic E-state index is 12.7. The SMILES string of the molecule is Cc1ccc(C)c(NC(=O)CN(CCC(=O)NCC(c2ccccc2)N2CCCC2)C2CC2)c1. The van der Waals surface area contributed by atoms with Crippen LogP contribution in [0.3, 0.4) is 0 Å². The molecule has 1 aliphatic heterocycles. The van der Waals surface area contributed by atoms with Crippen LogP contribution >= 0.6 is 0 Å². The van der Waals surface area contributed by atoms with Crippen LogP contribution in [0, 0.1) is 13.8 Å². The maximum atomic E-state index is 12.7. The first-order valence-electron chi connectivity index (χ1n) is 12.7. The Hall–Kier alpha value is -2.70. The first kappa shape index (κ1) is 24.4. The zero-order chi connectivity index (χ0) is 23.9. The average molecular weight is 463 g/mol. The summed E-state index contributed by atoms with van der Waals surface area (Å²) in [7, 11) is 0. The monoisotopic (exact) mass is 462 g/mol. The topological polar surface area (TPSA) is 64.7 Å². The highest BCUT2D eigenvalue weighted by Gasteiger charge is 2.31. The molecule has 0 bridgehead atoms. The lowest BCUT2D eigenvalue weighted by molar-refractivity contribution is -0.122. The van der Waals surface area contributed by atoms with Crippen molar-refractivity contribution in [2.45, 2.75) is 58.0 Å². The third-order valence-electron chi connectivity index (χ3n) is 6.96. The zero-order valence-electron chi connectivity index (χ0n) is 20.6. The Balaban J connectivity index is 1.27. The molecule has 1 saturated heterocycles. The first-order valence-corrected chi connectivity index (χ1v) is 12.7. The summed E-state index contributed by atoms with van der Waals surface area (Å²) in [5.74, 6) is 0.0416. The number of anilines is 1. The molecule has 0 spiro atoms. The Morgan fingerprint density at radius 1 is 1.03 bits per heavy atom. The van der Waals surface area contributed by atoms with Crippen LogP contribution < -0.4 is 10.6 Å². The van der Waals surface area contributed by atoms with Crippen LogP contribution in [0.15, 0.2) is 48.5 Å². The molecule has 1 atom stereocenters. The lowest BCUT2D eigenvalue weighted by atomic mass is 10.1. The average Bonchev–Trinajstić information content (AvgIpc) is 3.54. The molecule has 2 aromatic rings. The number of nitrogens with one attached hydrogen (secondary N) is 2. The van der Waals surface area contributed by atoms with Crippen LogP contribution in [0.4, 0.5) is 5.69 Å². The number of nitrogens with zero attached hydrogens (tertiary/aromatic N) is 2. The largest absolute Gasteiger partial charge is 0.354 e. The third kappa shape index (κ3) is 6.90. The summed E-state index contributed by atoms with van der Waals surface area (Å²) in [6.07, 6.45) is 5.05. The van der Waals surface area contributed by atoms with Crippen molar-refractivity contribution in [1.82, 2.24) is 15.1 Å². The summed E-state index contributed by atoms with van der Waals surface area (Å²) in [6.45, 7) is 7.75. The second-order valence-corrected chi connectivity index (χ2v) is 9.79. The number of amides is 2. The van der Waals surface area contributed by atoms with Crippen LogP contribution in [0.2, 0.25) is 0 Å². The van der Waals surface area contributed by atoms with Crippen LogP contribution in [0.1, 0.15) is 54.8 Å². The van der Waals surface area contributed by atoms with E-state index in [1.807, 2.05) is 38.1 Å². The molecule has 1 aliphatic carbocycles. The highest BCUT2D eigenvalue weighted by molar-refractivity contribution is 5.93. The molecule has 1 heterocycles. The predicted octanol–water partition coefficient (Wildman–Crippen LogP) is 4.05. The van der Waals surface area contributed by atoms with Crippen LogP contribution in [0.25, 0.3) is 0 Å². The Labute approximate surface area is 203 Å². The maximum Gasteiger partial charge on any atom is 0.238 e. The molecule has 6 nitrogen and oxygen atoms in total. The van der Waals surface area contributed by atoms with Crippen molar-refractivity contribution in [3.05, 3.63) is 65.2 Å². The smallest absolute Gasteiger partial charge is 0.238 e. The third-order valence-corrected chi connectivity index (χ3v) is 6.96. The lowest BCUT2D eigenvalue weighted by Gasteiger charge is -2.28. The molecule has 2 N–H and O–H groups in total. The normalized spacial score (nSPS) is 17.0. The van der Waals surface area contributed by atoms with E-state index in [0.29, 0.717) is 32.1 Å². The number of carbonyl (C=O) groups excluding carboxylic acids is 2. The summed E-state index contributed by atoms with van der Waals surface area (Å²) >= 11 is 0. The second kappa shape index (κ2) is 11.6. The van der Waals surface area contributed by atoms with Crippen LogP contribution in [-0.2, 0) is 9.59 Å². The zero-order valence-corrected chi connectivity index (χ0v) is 20.6. The van der Waals surface area contributed by atoms with E-state index in [-0.39, 0.29) is 17.9 Å². The van der Waals surface area contributed by atoms with E-state index in [9.17, 15) is 9.59 Å². The van der Waals surface area contributed by atoms with E-state index in [2.05, 4.69) is 44.7 Å². The van der Waals surface area contributed by atoms with Crippen molar-refractivity contribution < 1.29 is 9.59 Å². The highest BCUT2D eigenvalue weighted by atomic mass is 16.2. The van der Waals surface area contributed by atoms with Gasteiger partial charge in [-0.2, -0.15) is 0 Å². The van der Waals surface area contributed by atoms with Gasteiger partial charge in [-0.05, 0) is 75.4 Å². The van der Waals surface area contributed by atoms with Gasteiger partial charge >= 0.3 is 0 Å². The first-order chi connectivity index (χ1) is 16.5. The van der Waals surface area contributed by atoms with Crippen molar-refractivity contribution >= 4 is 17.5 Å². The summed E-state index contributed by atoms with van der Waals surface area (Å²) < 4.78 is 0. The molecule has 0 radical (unpaired) electrons. The van der Waals surface area contributed by atoms with Gasteiger partial charge in [0.15, 0.2) is 0 Å². The predicted molar refractivity (Wildman–Crippen MR) is 137 cm³/mol. The summed E-state index contributed by atoms with van der Waals surface area (Å²) in [5.41, 5.74) is 4.31. The van der Waals surface area contributed by atoms with Gasteiger partial charge in [0.05, 0.1) is 12.6 Å². The molecule has 0 aromatic heterocycles. The molecule has 2 aliphatic rings. The number of carbonyl (C=O) groups is 2. The van der Waals surface area contributed by atoms with Gasteiger partial charge in [0, 0.05) is 31.2 Å². The number of likely N-dealkylation sites (tertiary alicyclic amines) is 1. The van der Waals surface area contributed by atoms with Crippen LogP contribution in [0.5, 0.6) is 0 Å². The van der Waals surface area contributed by atoms with Gasteiger partial charge in [-0.25, -0.2) is 0 Å². The quantitative estimate of drug-likeness (QED) is 0.529. The summed E-state index contributed by atoms with van der Waals surface area (Å²) in [4.78, 5) is 30.1. The minimum Gasteiger partial charge on any atom is -0.354 e. The van der Waals surface area contributed by atoms with E-state index in [0.717, 1.165) is 42.7 Å². The van der Waals surface area contributed by atoms with Gasteiger partial charge < -0.3 is 10.6 Å². The molecule has 2 aromatic carbocycles.